The lowest BCUT2D eigenvalue weighted by atomic mass is 9.94. The van der Waals surface area contributed by atoms with Gasteiger partial charge in [-0.05, 0) is 12.5 Å². The standard InChI is InChI=1S/C9H14N2OS/c1-2-12-8-4-9-7(11-5-13-9)3-6(8)10-1/h4,6-8,10-11H,1-3,5H2. The zero-order chi connectivity index (χ0) is 8.67. The third-order valence-electron chi connectivity index (χ3n) is 2.95. The molecular formula is C9H14N2OS. The Morgan fingerprint density at radius 2 is 2.46 bits per heavy atom. The molecule has 3 nitrogen and oxygen atoms in total. The summed E-state index contributed by atoms with van der Waals surface area (Å²) in [6, 6.07) is 1.13. The molecule has 3 rings (SSSR count). The highest BCUT2D eigenvalue weighted by molar-refractivity contribution is 8.03. The minimum Gasteiger partial charge on any atom is -0.371 e. The summed E-state index contributed by atoms with van der Waals surface area (Å²) in [4.78, 5) is 1.49. The molecule has 3 atom stereocenters. The van der Waals surface area contributed by atoms with Crippen molar-refractivity contribution in [2.75, 3.05) is 19.0 Å². The molecule has 0 aromatic carbocycles. The van der Waals surface area contributed by atoms with Gasteiger partial charge in [0.15, 0.2) is 0 Å². The van der Waals surface area contributed by atoms with Gasteiger partial charge in [-0.1, -0.05) is 0 Å². The van der Waals surface area contributed by atoms with E-state index in [4.69, 9.17) is 4.74 Å². The first-order chi connectivity index (χ1) is 6.43. The van der Waals surface area contributed by atoms with Crippen molar-refractivity contribution in [1.82, 2.24) is 10.6 Å². The number of hydrogen-bond donors (Lipinski definition) is 2. The van der Waals surface area contributed by atoms with Gasteiger partial charge in [0.05, 0.1) is 12.7 Å². The van der Waals surface area contributed by atoms with E-state index in [1.807, 2.05) is 11.8 Å². The van der Waals surface area contributed by atoms with Crippen LogP contribution < -0.4 is 10.6 Å². The van der Waals surface area contributed by atoms with E-state index in [2.05, 4.69) is 16.7 Å². The zero-order valence-corrected chi connectivity index (χ0v) is 8.27. The lowest BCUT2D eigenvalue weighted by Gasteiger charge is -2.36. The van der Waals surface area contributed by atoms with Crippen LogP contribution >= 0.6 is 11.8 Å². The molecule has 0 aromatic heterocycles. The summed E-state index contributed by atoms with van der Waals surface area (Å²) in [5.41, 5.74) is 0. The van der Waals surface area contributed by atoms with Gasteiger partial charge in [0, 0.05) is 29.4 Å². The van der Waals surface area contributed by atoms with Crippen LogP contribution in [0.25, 0.3) is 0 Å². The van der Waals surface area contributed by atoms with Crippen molar-refractivity contribution < 1.29 is 4.74 Å². The molecule has 2 saturated heterocycles. The first-order valence-electron chi connectivity index (χ1n) is 4.86. The average molecular weight is 198 g/mol. The molecular weight excluding hydrogens is 184 g/mol. The molecule has 3 aliphatic rings. The van der Waals surface area contributed by atoms with Crippen molar-refractivity contribution in [2.24, 2.45) is 0 Å². The van der Waals surface area contributed by atoms with E-state index in [0.717, 1.165) is 19.0 Å². The summed E-state index contributed by atoms with van der Waals surface area (Å²) in [6.45, 7) is 1.86. The fourth-order valence-electron chi connectivity index (χ4n) is 2.26. The van der Waals surface area contributed by atoms with Gasteiger partial charge in [0.2, 0.25) is 0 Å². The number of rotatable bonds is 0. The molecule has 0 spiro atoms. The normalized spacial score (nSPS) is 43.7. The van der Waals surface area contributed by atoms with Crippen LogP contribution in [-0.4, -0.2) is 37.2 Å². The van der Waals surface area contributed by atoms with E-state index in [-0.39, 0.29) is 0 Å². The molecule has 2 aliphatic heterocycles. The Bertz CT molecular complexity index is 244. The number of morpholine rings is 1. The molecule has 2 heterocycles. The van der Waals surface area contributed by atoms with Gasteiger partial charge < -0.3 is 15.4 Å². The third-order valence-corrected chi connectivity index (χ3v) is 4.01. The molecule has 0 aromatic rings. The van der Waals surface area contributed by atoms with Crippen molar-refractivity contribution in [2.45, 2.75) is 24.6 Å². The highest BCUT2D eigenvalue weighted by atomic mass is 32.2. The lowest BCUT2D eigenvalue weighted by molar-refractivity contribution is 0.0179. The van der Waals surface area contributed by atoms with E-state index in [1.165, 1.54) is 11.3 Å². The van der Waals surface area contributed by atoms with E-state index in [1.54, 1.807) is 0 Å². The summed E-state index contributed by atoms with van der Waals surface area (Å²) < 4.78 is 5.71. The Morgan fingerprint density at radius 3 is 3.46 bits per heavy atom. The van der Waals surface area contributed by atoms with Crippen molar-refractivity contribution >= 4 is 11.8 Å². The van der Waals surface area contributed by atoms with Crippen LogP contribution in [0.4, 0.5) is 0 Å². The van der Waals surface area contributed by atoms with Crippen molar-refractivity contribution in [3.8, 4) is 0 Å². The quantitative estimate of drug-likeness (QED) is 0.586. The molecule has 0 bridgehead atoms. The number of thioether (sulfide) groups is 1. The highest BCUT2D eigenvalue weighted by Crippen LogP contribution is 2.34. The molecule has 0 saturated carbocycles. The SMILES string of the molecule is C1=C2SCNC2CC2NCCOC12. The maximum Gasteiger partial charge on any atom is 0.0921 e. The number of nitrogens with one attached hydrogen (secondary N) is 2. The zero-order valence-electron chi connectivity index (χ0n) is 7.45. The molecule has 2 fully saturated rings. The fraction of sp³-hybridized carbons (Fsp3) is 0.778. The summed E-state index contributed by atoms with van der Waals surface area (Å²) in [5, 5.41) is 7.01. The Balaban J connectivity index is 1.83. The first-order valence-corrected chi connectivity index (χ1v) is 5.85. The van der Waals surface area contributed by atoms with Gasteiger partial charge >= 0.3 is 0 Å². The van der Waals surface area contributed by atoms with Crippen LogP contribution in [0.15, 0.2) is 11.0 Å². The highest BCUT2D eigenvalue weighted by Gasteiger charge is 2.35. The fourth-order valence-corrected chi connectivity index (χ4v) is 3.32. The van der Waals surface area contributed by atoms with Gasteiger partial charge in [-0.2, -0.15) is 0 Å². The molecule has 13 heavy (non-hydrogen) atoms. The number of ether oxygens (including phenoxy) is 1. The molecule has 2 N–H and O–H groups in total. The van der Waals surface area contributed by atoms with Crippen molar-refractivity contribution in [3.63, 3.8) is 0 Å². The van der Waals surface area contributed by atoms with Crippen molar-refractivity contribution in [1.29, 1.82) is 0 Å². The minimum atomic E-state index is 0.326. The molecule has 3 unspecified atom stereocenters. The Hall–Kier alpha value is -0.0300. The van der Waals surface area contributed by atoms with Gasteiger partial charge in [-0.15, -0.1) is 11.8 Å². The molecule has 0 amide bonds. The largest absolute Gasteiger partial charge is 0.371 e. The summed E-state index contributed by atoms with van der Waals surface area (Å²) in [6.07, 6.45) is 3.81. The third kappa shape index (κ3) is 1.42. The van der Waals surface area contributed by atoms with E-state index >= 15 is 0 Å². The summed E-state index contributed by atoms with van der Waals surface area (Å²) in [7, 11) is 0. The van der Waals surface area contributed by atoms with Crippen molar-refractivity contribution in [3.05, 3.63) is 11.0 Å². The summed E-state index contributed by atoms with van der Waals surface area (Å²) >= 11 is 1.92. The van der Waals surface area contributed by atoms with E-state index in [9.17, 15) is 0 Å². The van der Waals surface area contributed by atoms with Crippen LogP contribution in [0.5, 0.6) is 0 Å². The van der Waals surface area contributed by atoms with Gasteiger partial charge in [-0.3, -0.25) is 0 Å². The number of fused-ring (bicyclic) bond motifs is 2. The van der Waals surface area contributed by atoms with Crippen LogP contribution in [0.2, 0.25) is 0 Å². The van der Waals surface area contributed by atoms with Crippen LogP contribution in [-0.2, 0) is 4.74 Å². The topological polar surface area (TPSA) is 33.3 Å². The van der Waals surface area contributed by atoms with Gasteiger partial charge in [0.1, 0.15) is 0 Å². The van der Waals surface area contributed by atoms with Gasteiger partial charge in [-0.25, -0.2) is 0 Å². The molecule has 1 aliphatic carbocycles. The van der Waals surface area contributed by atoms with Crippen LogP contribution in [0.3, 0.4) is 0 Å². The number of hydrogen-bond acceptors (Lipinski definition) is 4. The Morgan fingerprint density at radius 1 is 1.46 bits per heavy atom. The summed E-state index contributed by atoms with van der Waals surface area (Å²) in [5.74, 6) is 1.07. The maximum absolute atomic E-state index is 5.71. The van der Waals surface area contributed by atoms with Crippen LogP contribution in [0.1, 0.15) is 6.42 Å². The minimum absolute atomic E-state index is 0.326. The lowest BCUT2D eigenvalue weighted by Crippen LogP contribution is -2.52. The van der Waals surface area contributed by atoms with E-state index in [0.29, 0.717) is 18.2 Å². The second kappa shape index (κ2) is 3.28. The maximum atomic E-state index is 5.71. The average Bonchev–Trinajstić information content (AvgIpc) is 2.61. The predicted octanol–water partition coefficient (Wildman–Crippen LogP) is 0.293. The second-order valence-electron chi connectivity index (χ2n) is 3.75. The molecule has 72 valence electrons. The second-order valence-corrected chi connectivity index (χ2v) is 4.79. The molecule has 0 radical (unpaired) electrons. The van der Waals surface area contributed by atoms with E-state index < -0.39 is 0 Å². The van der Waals surface area contributed by atoms with Gasteiger partial charge in [0.25, 0.3) is 0 Å². The molecule has 4 heteroatoms. The smallest absolute Gasteiger partial charge is 0.0921 e. The monoisotopic (exact) mass is 198 g/mol. The Kier molecular flexibility index (Phi) is 2.09. The first kappa shape index (κ1) is 8.29. The Labute approximate surface area is 82.3 Å². The van der Waals surface area contributed by atoms with Crippen LogP contribution in [0, 0.1) is 0 Å². The predicted molar refractivity (Wildman–Crippen MR) is 53.6 cm³/mol.